The molecule has 0 heterocycles. The van der Waals surface area contributed by atoms with Crippen molar-refractivity contribution in [1.82, 2.24) is 0 Å². The van der Waals surface area contributed by atoms with E-state index < -0.39 is 16.4 Å². The van der Waals surface area contributed by atoms with E-state index in [4.69, 9.17) is 27.9 Å². The van der Waals surface area contributed by atoms with Crippen molar-refractivity contribution < 1.29 is 14.1 Å². The van der Waals surface area contributed by atoms with Gasteiger partial charge in [-0.05, 0) is 12.1 Å². The number of hydrogen-bond donors (Lipinski definition) is 0. The van der Waals surface area contributed by atoms with Gasteiger partial charge >= 0.3 is 5.69 Å². The lowest BCUT2D eigenvalue weighted by Gasteiger charge is -2.09. The van der Waals surface area contributed by atoms with Gasteiger partial charge in [-0.2, -0.15) is 4.39 Å². The van der Waals surface area contributed by atoms with Gasteiger partial charge in [-0.3, -0.25) is 10.1 Å². The molecule has 2 rings (SSSR count). The standard InChI is InChI=1S/C13H8Cl2FNO3/c14-9-4-5-10(15)12(6-9)20-7-8-2-1-3-11(13(8)16)17(18)19/h1-6H,7H2. The van der Waals surface area contributed by atoms with Gasteiger partial charge in [0.25, 0.3) is 0 Å². The summed E-state index contributed by atoms with van der Waals surface area (Å²) in [5, 5.41) is 11.4. The van der Waals surface area contributed by atoms with Crippen molar-refractivity contribution in [2.75, 3.05) is 0 Å². The first-order chi connectivity index (χ1) is 9.49. The van der Waals surface area contributed by atoms with Crippen LogP contribution in [0.5, 0.6) is 5.75 Å². The molecule has 0 unspecified atom stereocenters. The lowest BCUT2D eigenvalue weighted by molar-refractivity contribution is -0.387. The van der Waals surface area contributed by atoms with E-state index in [1.165, 1.54) is 18.2 Å². The highest BCUT2D eigenvalue weighted by Crippen LogP contribution is 2.29. The third-order valence-corrected chi connectivity index (χ3v) is 3.08. The minimum atomic E-state index is -0.921. The van der Waals surface area contributed by atoms with Crippen molar-refractivity contribution in [1.29, 1.82) is 0 Å². The largest absolute Gasteiger partial charge is 0.487 e. The van der Waals surface area contributed by atoms with Gasteiger partial charge in [0, 0.05) is 22.7 Å². The first-order valence-corrected chi connectivity index (χ1v) is 6.24. The Balaban J connectivity index is 2.21. The van der Waals surface area contributed by atoms with E-state index in [-0.39, 0.29) is 17.9 Å². The van der Waals surface area contributed by atoms with E-state index in [0.717, 1.165) is 6.07 Å². The topological polar surface area (TPSA) is 52.4 Å². The first kappa shape index (κ1) is 14.6. The predicted octanol–water partition coefficient (Wildman–Crippen LogP) is 4.62. The Bertz CT molecular complexity index is 664. The molecule has 0 saturated carbocycles. The third kappa shape index (κ3) is 3.18. The number of ether oxygens (including phenoxy) is 1. The summed E-state index contributed by atoms with van der Waals surface area (Å²) in [7, 11) is 0. The fourth-order valence-corrected chi connectivity index (χ4v) is 1.90. The van der Waals surface area contributed by atoms with Crippen molar-refractivity contribution in [3.8, 4) is 5.75 Å². The molecule has 104 valence electrons. The number of halogens is 3. The smallest absolute Gasteiger partial charge is 0.305 e. The maximum atomic E-state index is 13.8. The van der Waals surface area contributed by atoms with Gasteiger partial charge < -0.3 is 4.74 Å². The maximum absolute atomic E-state index is 13.8. The molecule has 0 aliphatic heterocycles. The van der Waals surface area contributed by atoms with E-state index in [2.05, 4.69) is 0 Å². The summed E-state index contributed by atoms with van der Waals surface area (Å²) >= 11 is 11.7. The van der Waals surface area contributed by atoms with Gasteiger partial charge in [0.15, 0.2) is 0 Å². The average Bonchev–Trinajstić information content (AvgIpc) is 2.41. The number of nitrogens with zero attached hydrogens (tertiary/aromatic N) is 1. The van der Waals surface area contributed by atoms with Crippen LogP contribution in [0.25, 0.3) is 0 Å². The van der Waals surface area contributed by atoms with Crippen molar-refractivity contribution in [3.63, 3.8) is 0 Å². The molecule has 4 nitrogen and oxygen atoms in total. The predicted molar refractivity (Wildman–Crippen MR) is 73.8 cm³/mol. The lowest BCUT2D eigenvalue weighted by atomic mass is 10.2. The fourth-order valence-electron chi connectivity index (χ4n) is 1.56. The first-order valence-electron chi connectivity index (χ1n) is 5.48. The van der Waals surface area contributed by atoms with Gasteiger partial charge in [-0.15, -0.1) is 0 Å². The molecule has 0 fully saturated rings. The lowest BCUT2D eigenvalue weighted by Crippen LogP contribution is -2.02. The van der Waals surface area contributed by atoms with Gasteiger partial charge in [0.05, 0.1) is 9.95 Å². The van der Waals surface area contributed by atoms with Crippen molar-refractivity contribution in [2.24, 2.45) is 0 Å². The van der Waals surface area contributed by atoms with Crippen LogP contribution in [0.3, 0.4) is 0 Å². The van der Waals surface area contributed by atoms with Gasteiger partial charge in [0.2, 0.25) is 5.82 Å². The van der Waals surface area contributed by atoms with Gasteiger partial charge in [-0.25, -0.2) is 0 Å². The minimum absolute atomic E-state index is 0.0650. The monoisotopic (exact) mass is 315 g/mol. The number of nitro groups is 1. The van der Waals surface area contributed by atoms with Crippen molar-refractivity contribution in [3.05, 3.63) is 67.9 Å². The Morgan fingerprint density at radius 3 is 2.70 bits per heavy atom. The van der Waals surface area contributed by atoms with Crippen LogP contribution in [0.15, 0.2) is 36.4 Å². The molecule has 0 aromatic heterocycles. The van der Waals surface area contributed by atoms with Crippen LogP contribution < -0.4 is 4.74 Å². The van der Waals surface area contributed by atoms with Crippen LogP contribution in [-0.2, 0) is 6.61 Å². The molecule has 0 N–H and O–H groups in total. The number of nitro benzene ring substituents is 1. The second-order valence-electron chi connectivity index (χ2n) is 3.87. The summed E-state index contributed by atoms with van der Waals surface area (Å²) in [6.45, 7) is -0.187. The van der Waals surface area contributed by atoms with E-state index in [9.17, 15) is 14.5 Å². The van der Waals surface area contributed by atoms with Crippen LogP contribution in [0.1, 0.15) is 5.56 Å². The minimum Gasteiger partial charge on any atom is -0.487 e. The van der Waals surface area contributed by atoms with Crippen molar-refractivity contribution in [2.45, 2.75) is 6.61 Å². The molecule has 0 bridgehead atoms. The quantitative estimate of drug-likeness (QED) is 0.611. The highest BCUT2D eigenvalue weighted by molar-refractivity contribution is 6.34. The van der Waals surface area contributed by atoms with Crippen molar-refractivity contribution >= 4 is 28.9 Å². The van der Waals surface area contributed by atoms with Gasteiger partial charge in [-0.1, -0.05) is 35.3 Å². The van der Waals surface area contributed by atoms with E-state index in [1.54, 1.807) is 12.1 Å². The molecular weight excluding hydrogens is 308 g/mol. The molecule has 2 aromatic carbocycles. The molecule has 0 aliphatic carbocycles. The summed E-state index contributed by atoms with van der Waals surface area (Å²) in [4.78, 5) is 9.85. The van der Waals surface area contributed by atoms with Crippen LogP contribution in [0.4, 0.5) is 10.1 Å². The summed E-state index contributed by atoms with van der Waals surface area (Å²) in [5.74, 6) is -0.638. The molecule has 0 aliphatic rings. The Labute approximate surface area is 123 Å². The van der Waals surface area contributed by atoms with E-state index >= 15 is 0 Å². The summed E-state index contributed by atoms with van der Waals surface area (Å²) < 4.78 is 19.2. The normalized spacial score (nSPS) is 10.3. The summed E-state index contributed by atoms with van der Waals surface area (Å²) in [6, 6.07) is 8.50. The molecule has 0 amide bonds. The highest BCUT2D eigenvalue weighted by atomic mass is 35.5. The number of hydrogen-bond acceptors (Lipinski definition) is 3. The molecule has 0 radical (unpaired) electrons. The molecule has 0 spiro atoms. The number of rotatable bonds is 4. The van der Waals surface area contributed by atoms with Crippen LogP contribution in [-0.4, -0.2) is 4.92 Å². The Hall–Kier alpha value is -1.85. The molecule has 2 aromatic rings. The van der Waals surface area contributed by atoms with Gasteiger partial charge in [0.1, 0.15) is 12.4 Å². The Kier molecular flexibility index (Phi) is 4.42. The zero-order valence-corrected chi connectivity index (χ0v) is 11.5. The summed E-state index contributed by atoms with van der Waals surface area (Å²) in [5.41, 5.74) is -0.529. The van der Waals surface area contributed by atoms with E-state index in [1.807, 2.05) is 0 Å². The van der Waals surface area contributed by atoms with Crippen LogP contribution >= 0.6 is 23.2 Å². The average molecular weight is 316 g/mol. The Morgan fingerprint density at radius 1 is 1.25 bits per heavy atom. The van der Waals surface area contributed by atoms with Crippen LogP contribution in [0.2, 0.25) is 10.0 Å². The molecular formula is C13H8Cl2FNO3. The molecule has 7 heteroatoms. The zero-order chi connectivity index (χ0) is 14.7. The second-order valence-corrected chi connectivity index (χ2v) is 4.71. The maximum Gasteiger partial charge on any atom is 0.305 e. The number of benzene rings is 2. The fraction of sp³-hybridized carbons (Fsp3) is 0.0769. The molecule has 20 heavy (non-hydrogen) atoms. The summed E-state index contributed by atoms with van der Waals surface area (Å²) in [6.07, 6.45) is 0. The SMILES string of the molecule is O=[N+]([O-])c1cccc(COc2cc(Cl)ccc2Cl)c1F. The molecule has 0 saturated heterocycles. The van der Waals surface area contributed by atoms with Crippen LogP contribution in [0, 0.1) is 15.9 Å². The van der Waals surface area contributed by atoms with E-state index in [0.29, 0.717) is 10.0 Å². The second kappa shape index (κ2) is 6.07. The highest BCUT2D eigenvalue weighted by Gasteiger charge is 2.17. The Morgan fingerprint density at radius 2 is 2.00 bits per heavy atom. The molecule has 0 atom stereocenters. The third-order valence-electron chi connectivity index (χ3n) is 2.53. The zero-order valence-electron chi connectivity index (χ0n) is 9.98.